The van der Waals surface area contributed by atoms with Crippen LogP contribution in [-0.4, -0.2) is 25.0 Å². The molecule has 0 aromatic heterocycles. The number of anilines is 1. The molecule has 0 saturated carbocycles. The molecule has 0 spiro atoms. The largest absolute Gasteiger partial charge is 0.484 e. The van der Waals surface area contributed by atoms with Gasteiger partial charge in [-0.15, -0.1) is 0 Å². The number of hydrogen-bond acceptors (Lipinski definition) is 3. The van der Waals surface area contributed by atoms with Gasteiger partial charge in [-0.05, 0) is 62.7 Å². The lowest BCUT2D eigenvalue weighted by molar-refractivity contribution is -0.123. The molecule has 2 amide bonds. The average Bonchev–Trinajstić information content (AvgIpc) is 2.61. The van der Waals surface area contributed by atoms with Crippen molar-refractivity contribution < 1.29 is 14.3 Å². The Balaban J connectivity index is 1.98. The van der Waals surface area contributed by atoms with Gasteiger partial charge in [0.1, 0.15) is 5.75 Å². The maximum absolute atomic E-state index is 12.7. The predicted octanol–water partition coefficient (Wildman–Crippen LogP) is 3.77. The smallest absolute Gasteiger partial charge is 0.257 e. The lowest BCUT2D eigenvalue weighted by Gasteiger charge is -2.24. The highest BCUT2D eigenvalue weighted by molar-refractivity contribution is 6.30. The van der Waals surface area contributed by atoms with Crippen LogP contribution >= 0.6 is 11.6 Å². The van der Waals surface area contributed by atoms with Crippen molar-refractivity contribution in [3.8, 4) is 5.75 Å². The van der Waals surface area contributed by atoms with E-state index in [1.807, 2.05) is 32.9 Å². The number of halogens is 1. The quantitative estimate of drug-likeness (QED) is 0.775. The Morgan fingerprint density at radius 1 is 1.04 bits per heavy atom. The van der Waals surface area contributed by atoms with Gasteiger partial charge in [0.25, 0.3) is 5.91 Å². The SMILES string of the molecule is CCNC(=O)COc1ccc(NC(=O)C(C)(C)c2ccc(Cl)cc2)cc1. The first-order chi connectivity index (χ1) is 12.3. The summed E-state index contributed by atoms with van der Waals surface area (Å²) in [6, 6.07) is 14.1. The standard InChI is InChI=1S/C20H23ClN2O3/c1-4-22-18(24)13-26-17-11-9-16(10-12-17)23-19(25)20(2,3)14-5-7-15(21)8-6-14/h5-12H,4,13H2,1-3H3,(H,22,24)(H,23,25). The molecule has 0 fully saturated rings. The summed E-state index contributed by atoms with van der Waals surface area (Å²) in [5.74, 6) is 0.261. The number of amides is 2. The van der Waals surface area contributed by atoms with Gasteiger partial charge in [0.05, 0.1) is 5.41 Å². The molecule has 0 saturated heterocycles. The molecule has 2 rings (SSSR count). The third-order valence-corrected chi connectivity index (χ3v) is 4.24. The van der Waals surface area contributed by atoms with Gasteiger partial charge >= 0.3 is 0 Å². The molecule has 2 aromatic rings. The van der Waals surface area contributed by atoms with Crippen LogP contribution < -0.4 is 15.4 Å². The lowest BCUT2D eigenvalue weighted by atomic mass is 9.83. The van der Waals surface area contributed by atoms with Crippen molar-refractivity contribution in [1.29, 1.82) is 0 Å². The lowest BCUT2D eigenvalue weighted by Crippen LogP contribution is -2.34. The third kappa shape index (κ3) is 5.23. The molecule has 138 valence electrons. The van der Waals surface area contributed by atoms with Gasteiger partial charge in [-0.2, -0.15) is 0 Å². The minimum Gasteiger partial charge on any atom is -0.484 e. The first-order valence-electron chi connectivity index (χ1n) is 8.40. The maximum atomic E-state index is 12.7. The van der Waals surface area contributed by atoms with E-state index >= 15 is 0 Å². The zero-order valence-corrected chi connectivity index (χ0v) is 15.9. The van der Waals surface area contributed by atoms with E-state index in [9.17, 15) is 9.59 Å². The Hall–Kier alpha value is -2.53. The minimum atomic E-state index is -0.710. The number of carbonyl (C=O) groups is 2. The molecule has 2 N–H and O–H groups in total. The highest BCUT2D eigenvalue weighted by atomic mass is 35.5. The summed E-state index contributed by atoms with van der Waals surface area (Å²) in [6.45, 7) is 6.09. The van der Waals surface area contributed by atoms with E-state index in [1.165, 1.54) is 0 Å². The molecule has 0 aliphatic heterocycles. The molecule has 6 heteroatoms. The fourth-order valence-corrected chi connectivity index (χ4v) is 2.44. The van der Waals surface area contributed by atoms with Gasteiger partial charge in [-0.1, -0.05) is 23.7 Å². The summed E-state index contributed by atoms with van der Waals surface area (Å²) in [5, 5.41) is 6.19. The number of likely N-dealkylation sites (N-methyl/N-ethyl adjacent to an activating group) is 1. The van der Waals surface area contributed by atoms with E-state index in [-0.39, 0.29) is 18.4 Å². The molecule has 0 aliphatic carbocycles. The summed E-state index contributed by atoms with van der Waals surface area (Å²) in [7, 11) is 0. The topological polar surface area (TPSA) is 67.4 Å². The molecular weight excluding hydrogens is 352 g/mol. The zero-order chi connectivity index (χ0) is 19.2. The summed E-state index contributed by atoms with van der Waals surface area (Å²) < 4.78 is 5.39. The van der Waals surface area contributed by atoms with E-state index in [4.69, 9.17) is 16.3 Å². The average molecular weight is 375 g/mol. The molecule has 0 aliphatic rings. The molecule has 0 heterocycles. The van der Waals surface area contributed by atoms with Crippen LogP contribution in [0, 0.1) is 0 Å². The van der Waals surface area contributed by atoms with Crippen LogP contribution in [0.1, 0.15) is 26.3 Å². The second-order valence-electron chi connectivity index (χ2n) is 6.35. The highest BCUT2D eigenvalue weighted by Crippen LogP contribution is 2.27. The number of carbonyl (C=O) groups excluding carboxylic acids is 2. The van der Waals surface area contributed by atoms with Crippen LogP contribution in [0.15, 0.2) is 48.5 Å². The normalized spacial score (nSPS) is 10.9. The molecule has 0 radical (unpaired) electrons. The Morgan fingerprint density at radius 3 is 2.23 bits per heavy atom. The molecule has 5 nitrogen and oxygen atoms in total. The van der Waals surface area contributed by atoms with Gasteiger partial charge in [-0.25, -0.2) is 0 Å². The first-order valence-corrected chi connectivity index (χ1v) is 8.77. The van der Waals surface area contributed by atoms with Crippen LogP contribution in [-0.2, 0) is 15.0 Å². The monoisotopic (exact) mass is 374 g/mol. The van der Waals surface area contributed by atoms with Gasteiger partial charge in [-0.3, -0.25) is 9.59 Å². The maximum Gasteiger partial charge on any atom is 0.257 e. The van der Waals surface area contributed by atoms with Crippen LogP contribution in [0.3, 0.4) is 0 Å². The summed E-state index contributed by atoms with van der Waals surface area (Å²) in [5.41, 5.74) is 0.821. The van der Waals surface area contributed by atoms with Crippen molar-refractivity contribution >= 4 is 29.1 Å². The molecule has 0 atom stereocenters. The Labute approximate surface area is 158 Å². The fraction of sp³-hybridized carbons (Fsp3) is 0.300. The number of rotatable bonds is 7. The number of ether oxygens (including phenoxy) is 1. The van der Waals surface area contributed by atoms with Crippen molar-refractivity contribution in [2.24, 2.45) is 0 Å². The van der Waals surface area contributed by atoms with Gasteiger partial charge < -0.3 is 15.4 Å². The Morgan fingerprint density at radius 2 is 1.65 bits per heavy atom. The van der Waals surface area contributed by atoms with Gasteiger partial charge in [0.2, 0.25) is 5.91 Å². The van der Waals surface area contributed by atoms with Crippen molar-refractivity contribution in [3.05, 3.63) is 59.1 Å². The fourth-order valence-electron chi connectivity index (χ4n) is 2.32. The first kappa shape index (κ1) is 19.8. The predicted molar refractivity (Wildman–Crippen MR) is 104 cm³/mol. The Kier molecular flexibility index (Phi) is 6.64. The summed E-state index contributed by atoms with van der Waals surface area (Å²) in [6.07, 6.45) is 0. The van der Waals surface area contributed by atoms with Crippen molar-refractivity contribution in [2.75, 3.05) is 18.5 Å². The molecule has 0 unspecified atom stereocenters. The zero-order valence-electron chi connectivity index (χ0n) is 15.1. The van der Waals surface area contributed by atoms with Crippen molar-refractivity contribution in [3.63, 3.8) is 0 Å². The van der Waals surface area contributed by atoms with Gasteiger partial charge in [0.15, 0.2) is 6.61 Å². The number of hydrogen-bond donors (Lipinski definition) is 2. The second-order valence-corrected chi connectivity index (χ2v) is 6.79. The van der Waals surface area contributed by atoms with Crippen LogP contribution in [0.5, 0.6) is 5.75 Å². The Bertz CT molecular complexity index is 756. The van der Waals surface area contributed by atoms with Crippen LogP contribution in [0.4, 0.5) is 5.69 Å². The van der Waals surface area contributed by atoms with E-state index in [0.29, 0.717) is 23.0 Å². The van der Waals surface area contributed by atoms with Crippen LogP contribution in [0.2, 0.25) is 5.02 Å². The highest BCUT2D eigenvalue weighted by Gasteiger charge is 2.29. The van der Waals surface area contributed by atoms with E-state index in [1.54, 1.807) is 36.4 Å². The molecule has 26 heavy (non-hydrogen) atoms. The summed E-state index contributed by atoms with van der Waals surface area (Å²) in [4.78, 5) is 24.1. The minimum absolute atomic E-state index is 0.0385. The third-order valence-electron chi connectivity index (χ3n) is 3.99. The number of nitrogens with one attached hydrogen (secondary N) is 2. The van der Waals surface area contributed by atoms with E-state index in [0.717, 1.165) is 5.56 Å². The molecular formula is C20H23ClN2O3. The summed E-state index contributed by atoms with van der Waals surface area (Å²) >= 11 is 5.91. The molecule has 0 bridgehead atoms. The number of benzene rings is 2. The van der Waals surface area contributed by atoms with Crippen molar-refractivity contribution in [2.45, 2.75) is 26.2 Å². The molecule has 2 aromatic carbocycles. The van der Waals surface area contributed by atoms with E-state index < -0.39 is 5.41 Å². The van der Waals surface area contributed by atoms with Gasteiger partial charge in [0, 0.05) is 17.3 Å². The van der Waals surface area contributed by atoms with Crippen LogP contribution in [0.25, 0.3) is 0 Å². The van der Waals surface area contributed by atoms with Crippen molar-refractivity contribution in [1.82, 2.24) is 5.32 Å². The second kappa shape index (κ2) is 8.72. The van der Waals surface area contributed by atoms with E-state index in [2.05, 4.69) is 10.6 Å².